The van der Waals surface area contributed by atoms with Crippen molar-refractivity contribution in [1.29, 1.82) is 0 Å². The molecule has 3 nitrogen and oxygen atoms in total. The first kappa shape index (κ1) is 15.0. The Balaban J connectivity index is 2.37. The number of amides is 1. The van der Waals surface area contributed by atoms with Gasteiger partial charge in [0.05, 0.1) is 5.71 Å². The zero-order chi connectivity index (χ0) is 15.2. The highest BCUT2D eigenvalue weighted by atomic mass is 16.2. The molecule has 2 aromatic rings. The third kappa shape index (κ3) is 4.02. The molecule has 0 fully saturated rings. The van der Waals surface area contributed by atoms with Crippen LogP contribution in [0.4, 0.5) is 0 Å². The van der Waals surface area contributed by atoms with Gasteiger partial charge in [-0.1, -0.05) is 74.0 Å². The number of rotatable bonds is 4. The average molecular weight is 280 g/mol. The summed E-state index contributed by atoms with van der Waals surface area (Å²) >= 11 is 0. The zero-order valence-electron chi connectivity index (χ0n) is 12.6. The first-order valence-electron chi connectivity index (χ1n) is 7.08. The summed E-state index contributed by atoms with van der Waals surface area (Å²) in [6.07, 6.45) is 0. The maximum atomic E-state index is 11.7. The number of aryl methyl sites for hydroxylation is 1. The molecule has 0 aliphatic carbocycles. The molecule has 0 unspecified atom stereocenters. The van der Waals surface area contributed by atoms with Gasteiger partial charge in [-0.25, -0.2) is 5.43 Å². The summed E-state index contributed by atoms with van der Waals surface area (Å²) in [6, 6.07) is 18.0. The molecule has 108 valence electrons. The molecule has 0 heterocycles. The number of carbonyl (C=O) groups is 1. The van der Waals surface area contributed by atoms with Crippen molar-refractivity contribution < 1.29 is 4.79 Å². The number of nitrogens with one attached hydrogen (secondary N) is 1. The molecule has 3 heteroatoms. The van der Waals surface area contributed by atoms with Crippen LogP contribution < -0.4 is 5.43 Å². The summed E-state index contributed by atoms with van der Waals surface area (Å²) in [5, 5.41) is 4.33. The summed E-state index contributed by atoms with van der Waals surface area (Å²) in [5.41, 5.74) is 6.56. The van der Waals surface area contributed by atoms with Gasteiger partial charge in [0.25, 0.3) is 0 Å². The fourth-order valence-electron chi connectivity index (χ4n) is 1.84. The normalized spacial score (nSPS) is 11.5. The van der Waals surface area contributed by atoms with E-state index in [1.807, 2.05) is 75.4 Å². The van der Waals surface area contributed by atoms with Crippen molar-refractivity contribution in [3.63, 3.8) is 0 Å². The number of hydrogen-bond donors (Lipinski definition) is 1. The predicted molar refractivity (Wildman–Crippen MR) is 86.2 cm³/mol. The second-order valence-corrected chi connectivity index (χ2v) is 5.32. The maximum absolute atomic E-state index is 11.7. The van der Waals surface area contributed by atoms with Crippen LogP contribution in [0.1, 0.15) is 30.5 Å². The maximum Gasteiger partial charge on any atom is 0.242 e. The van der Waals surface area contributed by atoms with E-state index in [0.717, 1.165) is 16.8 Å². The first-order chi connectivity index (χ1) is 10.1. The highest BCUT2D eigenvalue weighted by molar-refractivity contribution is 6.13. The number of hydrogen-bond acceptors (Lipinski definition) is 2. The van der Waals surface area contributed by atoms with Crippen molar-refractivity contribution >= 4 is 11.6 Å². The largest absolute Gasteiger partial charge is 0.273 e. The lowest BCUT2D eigenvalue weighted by atomic mass is 10.0. The van der Waals surface area contributed by atoms with E-state index in [-0.39, 0.29) is 11.8 Å². The Hall–Kier alpha value is -2.42. The van der Waals surface area contributed by atoms with Crippen LogP contribution in [-0.4, -0.2) is 11.6 Å². The lowest BCUT2D eigenvalue weighted by Crippen LogP contribution is -2.24. The number of hydrazone groups is 1. The summed E-state index contributed by atoms with van der Waals surface area (Å²) < 4.78 is 0. The molecular formula is C18H20N2O. The lowest BCUT2D eigenvalue weighted by molar-refractivity contribution is -0.123. The van der Waals surface area contributed by atoms with Crippen LogP contribution in [0.5, 0.6) is 0 Å². The number of benzene rings is 2. The van der Waals surface area contributed by atoms with Crippen LogP contribution in [0, 0.1) is 12.8 Å². The Bertz CT molecular complexity index is 628. The van der Waals surface area contributed by atoms with Crippen molar-refractivity contribution in [2.24, 2.45) is 11.0 Å². The fraction of sp³-hybridized carbons (Fsp3) is 0.222. The number of nitrogens with zero attached hydrogens (tertiary/aromatic N) is 1. The highest BCUT2D eigenvalue weighted by Gasteiger charge is 2.09. The molecule has 0 atom stereocenters. The van der Waals surface area contributed by atoms with Crippen molar-refractivity contribution in [2.75, 3.05) is 0 Å². The van der Waals surface area contributed by atoms with Gasteiger partial charge in [-0.15, -0.1) is 0 Å². The molecule has 0 spiro atoms. The van der Waals surface area contributed by atoms with Crippen molar-refractivity contribution in [3.05, 3.63) is 71.3 Å². The molecule has 2 rings (SSSR count). The summed E-state index contributed by atoms with van der Waals surface area (Å²) in [5.74, 6) is -0.181. The van der Waals surface area contributed by atoms with Crippen molar-refractivity contribution in [1.82, 2.24) is 5.43 Å². The Morgan fingerprint density at radius 2 is 1.52 bits per heavy atom. The van der Waals surface area contributed by atoms with Gasteiger partial charge in [0.15, 0.2) is 0 Å². The van der Waals surface area contributed by atoms with Crippen LogP contribution in [0.3, 0.4) is 0 Å². The molecule has 0 aliphatic rings. The van der Waals surface area contributed by atoms with Gasteiger partial charge in [-0.3, -0.25) is 4.79 Å². The minimum Gasteiger partial charge on any atom is -0.273 e. The third-order valence-corrected chi connectivity index (χ3v) is 3.17. The average Bonchev–Trinajstić information content (AvgIpc) is 2.50. The molecule has 1 N–H and O–H groups in total. The minimum absolute atomic E-state index is 0.0875. The van der Waals surface area contributed by atoms with Gasteiger partial charge >= 0.3 is 0 Å². The van der Waals surface area contributed by atoms with Crippen molar-refractivity contribution in [3.8, 4) is 0 Å². The first-order valence-corrected chi connectivity index (χ1v) is 7.08. The van der Waals surface area contributed by atoms with Gasteiger partial charge in [0, 0.05) is 17.0 Å². The second-order valence-electron chi connectivity index (χ2n) is 5.32. The van der Waals surface area contributed by atoms with Gasteiger partial charge < -0.3 is 0 Å². The summed E-state index contributed by atoms with van der Waals surface area (Å²) in [4.78, 5) is 11.7. The van der Waals surface area contributed by atoms with E-state index in [9.17, 15) is 4.79 Å². The van der Waals surface area contributed by atoms with E-state index >= 15 is 0 Å². The van der Waals surface area contributed by atoms with E-state index in [0.29, 0.717) is 0 Å². The van der Waals surface area contributed by atoms with E-state index in [1.165, 1.54) is 5.56 Å². The monoisotopic (exact) mass is 280 g/mol. The molecule has 0 aliphatic heterocycles. The Morgan fingerprint density at radius 3 is 2.10 bits per heavy atom. The molecule has 0 bridgehead atoms. The second kappa shape index (κ2) is 6.84. The van der Waals surface area contributed by atoms with Gasteiger partial charge in [0.1, 0.15) is 0 Å². The van der Waals surface area contributed by atoms with Crippen LogP contribution >= 0.6 is 0 Å². The molecule has 1 amide bonds. The van der Waals surface area contributed by atoms with E-state index in [1.54, 1.807) is 0 Å². The van der Waals surface area contributed by atoms with Crippen LogP contribution in [0.2, 0.25) is 0 Å². The third-order valence-electron chi connectivity index (χ3n) is 3.17. The van der Waals surface area contributed by atoms with Crippen LogP contribution in [0.25, 0.3) is 0 Å². The predicted octanol–water partition coefficient (Wildman–Crippen LogP) is 3.52. The topological polar surface area (TPSA) is 41.5 Å². The lowest BCUT2D eigenvalue weighted by Gasteiger charge is -2.09. The smallest absolute Gasteiger partial charge is 0.242 e. The molecule has 2 aromatic carbocycles. The molecule has 0 saturated heterocycles. The van der Waals surface area contributed by atoms with E-state index in [4.69, 9.17) is 0 Å². The number of carbonyl (C=O) groups excluding carboxylic acids is 1. The SMILES string of the molecule is Cc1ccc(C(=NNC(=O)C(C)C)c2ccccc2)cc1. The molecule has 0 saturated carbocycles. The van der Waals surface area contributed by atoms with Crippen LogP contribution in [0.15, 0.2) is 59.7 Å². The zero-order valence-corrected chi connectivity index (χ0v) is 12.6. The van der Waals surface area contributed by atoms with Crippen molar-refractivity contribution in [2.45, 2.75) is 20.8 Å². The van der Waals surface area contributed by atoms with Crippen LogP contribution in [-0.2, 0) is 4.79 Å². The molecule has 0 radical (unpaired) electrons. The molecular weight excluding hydrogens is 260 g/mol. The van der Waals surface area contributed by atoms with Gasteiger partial charge in [0.2, 0.25) is 5.91 Å². The van der Waals surface area contributed by atoms with E-state index in [2.05, 4.69) is 10.5 Å². The van der Waals surface area contributed by atoms with E-state index < -0.39 is 0 Å². The summed E-state index contributed by atoms with van der Waals surface area (Å²) in [7, 11) is 0. The Kier molecular flexibility index (Phi) is 4.88. The minimum atomic E-state index is -0.0937. The Morgan fingerprint density at radius 1 is 0.952 bits per heavy atom. The quantitative estimate of drug-likeness (QED) is 0.675. The standard InChI is InChI=1S/C18H20N2O/c1-13(2)18(21)20-19-17(15-7-5-4-6-8-15)16-11-9-14(3)10-12-16/h4-13H,1-3H3,(H,20,21). The van der Waals surface area contributed by atoms with Gasteiger partial charge in [-0.05, 0) is 6.92 Å². The van der Waals surface area contributed by atoms with Gasteiger partial charge in [-0.2, -0.15) is 5.10 Å². The molecule has 21 heavy (non-hydrogen) atoms. The molecule has 0 aromatic heterocycles. The fourth-order valence-corrected chi connectivity index (χ4v) is 1.84. The Labute approximate surface area is 125 Å². The highest BCUT2D eigenvalue weighted by Crippen LogP contribution is 2.12. The summed E-state index contributed by atoms with van der Waals surface area (Å²) in [6.45, 7) is 5.74.